The fourth-order valence-corrected chi connectivity index (χ4v) is 2.71. The van der Waals surface area contributed by atoms with Crippen LogP contribution in [-0.2, 0) is 4.79 Å². The van der Waals surface area contributed by atoms with Crippen molar-refractivity contribution in [2.24, 2.45) is 5.92 Å². The van der Waals surface area contributed by atoms with Crippen LogP contribution in [0.2, 0.25) is 0 Å². The highest BCUT2D eigenvalue weighted by Gasteiger charge is 2.32. The van der Waals surface area contributed by atoms with E-state index in [-0.39, 0.29) is 11.6 Å². The number of aromatic amines is 1. The number of nitrogens with one attached hydrogen (secondary N) is 2. The average molecular weight is 344 g/mol. The fourth-order valence-electron chi connectivity index (χ4n) is 2.03. The Bertz CT molecular complexity index is 525. The first-order valence-corrected chi connectivity index (χ1v) is 7.52. The van der Waals surface area contributed by atoms with E-state index in [1.807, 2.05) is 6.92 Å². The molecule has 1 amide bonds. The lowest BCUT2D eigenvalue weighted by atomic mass is 9.99. The first kappa shape index (κ1) is 15.0. The normalized spacial score (nSPS) is 17.6. The van der Waals surface area contributed by atoms with Crippen molar-refractivity contribution in [3.05, 3.63) is 15.9 Å². The summed E-state index contributed by atoms with van der Waals surface area (Å²) in [5, 5.41) is 18.6. The van der Waals surface area contributed by atoms with Crippen molar-refractivity contribution in [3.63, 3.8) is 0 Å². The second-order valence-electron chi connectivity index (χ2n) is 5.25. The molecule has 1 aromatic heterocycles. The molecule has 2 rings (SSSR count). The van der Waals surface area contributed by atoms with Crippen LogP contribution in [0.1, 0.15) is 55.2 Å². The number of carbonyl (C=O) groups is 2. The molecule has 1 aliphatic carbocycles. The van der Waals surface area contributed by atoms with Gasteiger partial charge in [0.1, 0.15) is 6.04 Å². The van der Waals surface area contributed by atoms with Crippen LogP contribution in [0.3, 0.4) is 0 Å². The van der Waals surface area contributed by atoms with Crippen molar-refractivity contribution in [2.45, 2.75) is 45.1 Å². The summed E-state index contributed by atoms with van der Waals surface area (Å²) in [7, 11) is 0. The minimum atomic E-state index is -1.03. The van der Waals surface area contributed by atoms with Crippen molar-refractivity contribution in [3.8, 4) is 0 Å². The Morgan fingerprint density at radius 3 is 2.70 bits per heavy atom. The number of hydrogen-bond donors (Lipinski definition) is 3. The summed E-state index contributed by atoms with van der Waals surface area (Å²) in [4.78, 5) is 23.4. The molecular weight excluding hydrogens is 326 g/mol. The third kappa shape index (κ3) is 3.03. The standard InChI is InChI=1S/C13H18BrN3O3/c1-3-6(2)9(13(19)20)15-12(18)11-8(14)10(16-17-11)7-4-5-7/h6-7,9H,3-5H2,1-2H3,(H,15,18)(H,16,17)(H,19,20)/t6-,9-/m0/s1. The average Bonchev–Trinajstić information content (AvgIpc) is 3.17. The summed E-state index contributed by atoms with van der Waals surface area (Å²) >= 11 is 3.37. The van der Waals surface area contributed by atoms with Gasteiger partial charge in [-0.2, -0.15) is 5.10 Å². The van der Waals surface area contributed by atoms with E-state index in [4.69, 9.17) is 0 Å². The van der Waals surface area contributed by atoms with E-state index < -0.39 is 17.9 Å². The Labute approximate surface area is 125 Å². The van der Waals surface area contributed by atoms with E-state index in [0.29, 0.717) is 16.8 Å². The van der Waals surface area contributed by atoms with Gasteiger partial charge in [0.05, 0.1) is 10.2 Å². The van der Waals surface area contributed by atoms with Gasteiger partial charge in [-0.1, -0.05) is 20.3 Å². The maximum Gasteiger partial charge on any atom is 0.326 e. The van der Waals surface area contributed by atoms with E-state index in [1.165, 1.54) is 0 Å². The molecule has 1 fully saturated rings. The smallest absolute Gasteiger partial charge is 0.326 e. The van der Waals surface area contributed by atoms with Crippen LogP contribution in [0.5, 0.6) is 0 Å². The summed E-state index contributed by atoms with van der Waals surface area (Å²) in [5.74, 6) is -1.20. The van der Waals surface area contributed by atoms with Crippen LogP contribution in [0.4, 0.5) is 0 Å². The van der Waals surface area contributed by atoms with Gasteiger partial charge in [0.25, 0.3) is 5.91 Å². The number of aromatic nitrogens is 2. The van der Waals surface area contributed by atoms with Crippen molar-refractivity contribution in [2.75, 3.05) is 0 Å². The van der Waals surface area contributed by atoms with E-state index in [0.717, 1.165) is 18.5 Å². The second-order valence-corrected chi connectivity index (χ2v) is 6.04. The first-order chi connectivity index (χ1) is 9.45. The Hall–Kier alpha value is -1.37. The second kappa shape index (κ2) is 5.95. The molecule has 0 radical (unpaired) electrons. The minimum Gasteiger partial charge on any atom is -0.480 e. The number of amides is 1. The summed E-state index contributed by atoms with van der Waals surface area (Å²) in [6.45, 7) is 3.69. The third-order valence-electron chi connectivity index (χ3n) is 3.70. The van der Waals surface area contributed by atoms with E-state index in [9.17, 15) is 14.7 Å². The van der Waals surface area contributed by atoms with Gasteiger partial charge in [-0.05, 0) is 34.7 Å². The molecule has 0 unspecified atom stereocenters. The van der Waals surface area contributed by atoms with Gasteiger partial charge in [-0.25, -0.2) is 4.79 Å². The largest absolute Gasteiger partial charge is 0.480 e. The molecule has 20 heavy (non-hydrogen) atoms. The van der Waals surface area contributed by atoms with Gasteiger partial charge in [-0.15, -0.1) is 0 Å². The molecule has 1 saturated carbocycles. The maximum atomic E-state index is 12.2. The molecule has 1 aliphatic rings. The maximum absolute atomic E-state index is 12.2. The highest BCUT2D eigenvalue weighted by molar-refractivity contribution is 9.10. The first-order valence-electron chi connectivity index (χ1n) is 6.73. The highest BCUT2D eigenvalue weighted by Crippen LogP contribution is 2.42. The van der Waals surface area contributed by atoms with Gasteiger partial charge < -0.3 is 10.4 Å². The molecule has 1 aromatic rings. The van der Waals surface area contributed by atoms with Crippen LogP contribution in [0.25, 0.3) is 0 Å². The predicted octanol–water partition coefficient (Wildman–Crippen LogP) is 2.28. The van der Waals surface area contributed by atoms with Crippen LogP contribution < -0.4 is 5.32 Å². The zero-order valence-corrected chi connectivity index (χ0v) is 13.0. The number of halogens is 1. The Balaban J connectivity index is 2.12. The van der Waals surface area contributed by atoms with Crippen molar-refractivity contribution < 1.29 is 14.7 Å². The van der Waals surface area contributed by atoms with Gasteiger partial charge in [0.15, 0.2) is 5.69 Å². The lowest BCUT2D eigenvalue weighted by molar-refractivity contribution is -0.140. The van der Waals surface area contributed by atoms with Gasteiger partial charge in [0, 0.05) is 5.92 Å². The molecule has 7 heteroatoms. The topological polar surface area (TPSA) is 95.1 Å². The van der Waals surface area contributed by atoms with E-state index >= 15 is 0 Å². The van der Waals surface area contributed by atoms with E-state index in [2.05, 4.69) is 31.4 Å². The van der Waals surface area contributed by atoms with Crippen molar-refractivity contribution in [1.82, 2.24) is 15.5 Å². The molecule has 0 saturated heterocycles. The van der Waals surface area contributed by atoms with Crippen LogP contribution in [-0.4, -0.2) is 33.2 Å². The van der Waals surface area contributed by atoms with Crippen LogP contribution in [0.15, 0.2) is 4.47 Å². The number of rotatable bonds is 6. The predicted molar refractivity (Wildman–Crippen MR) is 76.6 cm³/mol. The summed E-state index contributed by atoms with van der Waals surface area (Å²) in [6.07, 6.45) is 2.85. The molecule has 6 nitrogen and oxygen atoms in total. The Morgan fingerprint density at radius 1 is 1.55 bits per heavy atom. The van der Waals surface area contributed by atoms with Crippen LogP contribution >= 0.6 is 15.9 Å². The molecular formula is C13H18BrN3O3. The Kier molecular flexibility index (Phi) is 4.47. The highest BCUT2D eigenvalue weighted by atomic mass is 79.9. The number of nitrogens with zero attached hydrogens (tertiary/aromatic N) is 1. The molecule has 0 spiro atoms. The lowest BCUT2D eigenvalue weighted by Crippen LogP contribution is -2.45. The minimum absolute atomic E-state index is 0.142. The molecule has 2 atom stereocenters. The Morgan fingerprint density at radius 2 is 2.20 bits per heavy atom. The summed E-state index contributed by atoms with van der Waals surface area (Å²) < 4.78 is 0.644. The lowest BCUT2D eigenvalue weighted by Gasteiger charge is -2.19. The van der Waals surface area contributed by atoms with Crippen LogP contribution in [0, 0.1) is 5.92 Å². The molecule has 0 aliphatic heterocycles. The zero-order chi connectivity index (χ0) is 14.9. The summed E-state index contributed by atoms with van der Waals surface area (Å²) in [6, 6.07) is -0.902. The molecule has 0 bridgehead atoms. The number of carboxylic acids is 1. The van der Waals surface area contributed by atoms with Gasteiger partial charge in [0.2, 0.25) is 0 Å². The number of H-pyrrole nitrogens is 1. The monoisotopic (exact) mass is 343 g/mol. The molecule has 1 heterocycles. The number of carbonyl (C=O) groups excluding carboxylic acids is 1. The zero-order valence-electron chi connectivity index (χ0n) is 11.4. The van der Waals surface area contributed by atoms with E-state index in [1.54, 1.807) is 6.92 Å². The van der Waals surface area contributed by atoms with Gasteiger partial charge >= 0.3 is 5.97 Å². The fraction of sp³-hybridized carbons (Fsp3) is 0.615. The van der Waals surface area contributed by atoms with Gasteiger partial charge in [-0.3, -0.25) is 9.89 Å². The molecule has 110 valence electrons. The summed E-state index contributed by atoms with van der Waals surface area (Å²) in [5.41, 5.74) is 1.15. The SMILES string of the molecule is CC[C@H](C)[C@H](NC(=O)c1n[nH]c(C2CC2)c1Br)C(=O)O. The quantitative estimate of drug-likeness (QED) is 0.738. The van der Waals surface area contributed by atoms with Crippen molar-refractivity contribution in [1.29, 1.82) is 0 Å². The third-order valence-corrected chi connectivity index (χ3v) is 4.50. The number of hydrogen-bond acceptors (Lipinski definition) is 3. The molecule has 3 N–H and O–H groups in total. The van der Waals surface area contributed by atoms with Crippen molar-refractivity contribution >= 4 is 27.8 Å². The number of aliphatic carboxylic acids is 1. The molecule has 0 aromatic carbocycles. The number of carboxylic acid groups (broad SMARTS) is 1.